The summed E-state index contributed by atoms with van der Waals surface area (Å²) in [5.74, 6) is -2.85. The first-order chi connectivity index (χ1) is 12.9. The fourth-order valence-corrected chi connectivity index (χ4v) is 2.66. The highest BCUT2D eigenvalue weighted by Crippen LogP contribution is 2.10. The summed E-state index contributed by atoms with van der Waals surface area (Å²) in [4.78, 5) is 35.6. The molecule has 2 rings (SSSR count). The smallest absolute Gasteiger partial charge is 0.326 e. The number of nitrogens with one attached hydrogen (secondary N) is 2. The fourth-order valence-electron chi connectivity index (χ4n) is 2.66. The Hall–Kier alpha value is -3.22. The molecule has 0 bridgehead atoms. The number of benzene rings is 2. The van der Waals surface area contributed by atoms with E-state index >= 15 is 0 Å². The number of hydrogen-bond acceptors (Lipinski definition) is 3. The van der Waals surface area contributed by atoms with E-state index < -0.39 is 35.7 Å². The van der Waals surface area contributed by atoms with Gasteiger partial charge in [-0.2, -0.15) is 0 Å². The van der Waals surface area contributed by atoms with Gasteiger partial charge in [0.05, 0.1) is 0 Å². The molecule has 0 aliphatic heterocycles. The molecule has 0 aliphatic carbocycles. The quantitative estimate of drug-likeness (QED) is 0.657. The lowest BCUT2D eigenvalue weighted by molar-refractivity contribution is -0.142. The van der Waals surface area contributed by atoms with Crippen molar-refractivity contribution in [3.05, 3.63) is 71.5 Å². The van der Waals surface area contributed by atoms with Crippen molar-refractivity contribution in [1.29, 1.82) is 0 Å². The van der Waals surface area contributed by atoms with E-state index in [1.165, 1.54) is 25.1 Å². The van der Waals surface area contributed by atoms with Crippen molar-refractivity contribution in [3.8, 4) is 0 Å². The van der Waals surface area contributed by atoms with Crippen molar-refractivity contribution < 1.29 is 23.9 Å². The summed E-state index contributed by atoms with van der Waals surface area (Å²) in [5.41, 5.74) is 0.997. The average Bonchev–Trinajstić information content (AvgIpc) is 2.62. The number of amides is 2. The van der Waals surface area contributed by atoms with Crippen LogP contribution >= 0.6 is 0 Å². The van der Waals surface area contributed by atoms with Crippen molar-refractivity contribution >= 4 is 17.8 Å². The third-order valence-electron chi connectivity index (χ3n) is 3.97. The Kier molecular flexibility index (Phi) is 7.05. The second-order valence-electron chi connectivity index (χ2n) is 6.14. The van der Waals surface area contributed by atoms with Gasteiger partial charge in [0.25, 0.3) is 0 Å². The van der Waals surface area contributed by atoms with Gasteiger partial charge < -0.3 is 15.7 Å². The van der Waals surface area contributed by atoms with Crippen molar-refractivity contribution in [2.75, 3.05) is 0 Å². The summed E-state index contributed by atoms with van der Waals surface area (Å²) < 4.78 is 13.9. The van der Waals surface area contributed by atoms with Crippen molar-refractivity contribution in [2.24, 2.45) is 0 Å². The van der Waals surface area contributed by atoms with Gasteiger partial charge in [-0.3, -0.25) is 9.59 Å². The van der Waals surface area contributed by atoms with Crippen molar-refractivity contribution in [2.45, 2.75) is 31.8 Å². The van der Waals surface area contributed by atoms with Crippen molar-refractivity contribution in [1.82, 2.24) is 10.6 Å². The van der Waals surface area contributed by atoms with E-state index in [2.05, 4.69) is 10.6 Å². The lowest BCUT2D eigenvalue weighted by Crippen LogP contribution is -2.52. The molecule has 0 fully saturated rings. The maximum atomic E-state index is 13.9. The lowest BCUT2D eigenvalue weighted by atomic mass is 10.0. The molecule has 0 heterocycles. The van der Waals surface area contributed by atoms with Crippen LogP contribution < -0.4 is 10.6 Å². The van der Waals surface area contributed by atoms with Gasteiger partial charge in [0.15, 0.2) is 0 Å². The van der Waals surface area contributed by atoms with Gasteiger partial charge in [-0.15, -0.1) is 0 Å². The molecular formula is C20H21FN2O4. The second kappa shape index (κ2) is 9.47. The normalized spacial score (nSPS) is 12.7. The molecule has 142 valence electrons. The molecule has 2 aromatic rings. The van der Waals surface area contributed by atoms with Crippen LogP contribution in [0.1, 0.15) is 18.1 Å². The van der Waals surface area contributed by atoms with Gasteiger partial charge in [0.2, 0.25) is 11.8 Å². The number of carbonyl (C=O) groups is 3. The Morgan fingerprint density at radius 1 is 0.926 bits per heavy atom. The summed E-state index contributed by atoms with van der Waals surface area (Å²) in [6.45, 7) is 1.24. The summed E-state index contributed by atoms with van der Waals surface area (Å²) in [5, 5.41) is 14.3. The molecule has 0 spiro atoms. The number of carboxylic acids is 1. The Morgan fingerprint density at radius 2 is 1.56 bits per heavy atom. The van der Waals surface area contributed by atoms with Crippen LogP contribution in [-0.4, -0.2) is 35.0 Å². The molecule has 6 nitrogen and oxygen atoms in total. The van der Waals surface area contributed by atoms with Gasteiger partial charge in [0.1, 0.15) is 17.9 Å². The molecule has 0 aromatic heterocycles. The first-order valence-electron chi connectivity index (χ1n) is 8.44. The zero-order chi connectivity index (χ0) is 19.8. The van der Waals surface area contributed by atoms with Gasteiger partial charge in [-0.25, -0.2) is 9.18 Å². The molecular weight excluding hydrogens is 351 g/mol. The highest BCUT2D eigenvalue weighted by Gasteiger charge is 2.27. The van der Waals surface area contributed by atoms with Crippen LogP contribution in [0.3, 0.4) is 0 Å². The molecule has 0 radical (unpaired) electrons. The third-order valence-corrected chi connectivity index (χ3v) is 3.97. The Labute approximate surface area is 156 Å². The highest BCUT2D eigenvalue weighted by atomic mass is 19.1. The fraction of sp³-hybridized carbons (Fsp3) is 0.250. The Bertz CT molecular complexity index is 811. The van der Waals surface area contributed by atoms with Gasteiger partial charge in [-0.05, 0) is 17.2 Å². The molecule has 0 saturated heterocycles. The van der Waals surface area contributed by atoms with Crippen LogP contribution in [0.5, 0.6) is 0 Å². The van der Waals surface area contributed by atoms with Crippen LogP contribution in [0.25, 0.3) is 0 Å². The third kappa shape index (κ3) is 6.22. The van der Waals surface area contributed by atoms with E-state index in [0.717, 1.165) is 5.56 Å². The predicted molar refractivity (Wildman–Crippen MR) is 97.4 cm³/mol. The first kappa shape index (κ1) is 20.1. The molecule has 3 N–H and O–H groups in total. The van der Waals surface area contributed by atoms with E-state index in [9.17, 15) is 23.9 Å². The molecule has 27 heavy (non-hydrogen) atoms. The van der Waals surface area contributed by atoms with Crippen LogP contribution in [0.2, 0.25) is 0 Å². The monoisotopic (exact) mass is 372 g/mol. The predicted octanol–water partition coefficient (Wildman–Crippen LogP) is 1.68. The summed E-state index contributed by atoms with van der Waals surface area (Å²) >= 11 is 0. The highest BCUT2D eigenvalue weighted by molar-refractivity contribution is 5.90. The van der Waals surface area contributed by atoms with Crippen LogP contribution in [0.15, 0.2) is 54.6 Å². The molecule has 0 unspecified atom stereocenters. The van der Waals surface area contributed by atoms with Crippen LogP contribution in [0, 0.1) is 5.82 Å². The summed E-state index contributed by atoms with van der Waals surface area (Å²) in [6.07, 6.45) is 0.00413. The molecule has 0 aliphatic rings. The minimum atomic E-state index is -1.19. The second-order valence-corrected chi connectivity index (χ2v) is 6.14. The van der Waals surface area contributed by atoms with Gasteiger partial charge >= 0.3 is 5.97 Å². The maximum Gasteiger partial charge on any atom is 0.326 e. The minimum Gasteiger partial charge on any atom is -0.480 e. The first-order valence-corrected chi connectivity index (χ1v) is 8.44. The van der Waals surface area contributed by atoms with E-state index in [4.69, 9.17) is 0 Å². The number of hydrogen-bond donors (Lipinski definition) is 3. The number of aliphatic carboxylic acids is 1. The number of rotatable bonds is 8. The standard InChI is InChI=1S/C20H21FN2O4/c1-13(24)22-17(12-15-9-5-6-10-16(15)21)19(25)23-18(20(26)27)11-14-7-3-2-4-8-14/h2-10,17-18H,11-12H2,1H3,(H,22,24)(H,23,25)(H,26,27)/t17-,18+/m0/s1. The lowest BCUT2D eigenvalue weighted by Gasteiger charge is -2.21. The van der Waals surface area contributed by atoms with Gasteiger partial charge in [-0.1, -0.05) is 48.5 Å². The van der Waals surface area contributed by atoms with E-state index in [-0.39, 0.29) is 18.4 Å². The Morgan fingerprint density at radius 3 is 2.15 bits per heavy atom. The Balaban J connectivity index is 2.13. The average molecular weight is 372 g/mol. The molecule has 7 heteroatoms. The molecule has 2 aromatic carbocycles. The summed E-state index contributed by atoms with van der Waals surface area (Å²) in [7, 11) is 0. The molecule has 0 saturated carbocycles. The zero-order valence-corrected chi connectivity index (χ0v) is 14.8. The van der Waals surface area contributed by atoms with E-state index in [1.54, 1.807) is 36.4 Å². The number of carboxylic acid groups (broad SMARTS) is 1. The largest absolute Gasteiger partial charge is 0.480 e. The maximum absolute atomic E-state index is 13.9. The topological polar surface area (TPSA) is 95.5 Å². The minimum absolute atomic E-state index is 0.0875. The number of carbonyl (C=O) groups excluding carboxylic acids is 2. The number of halogens is 1. The molecule has 2 amide bonds. The van der Waals surface area contributed by atoms with Crippen LogP contribution in [-0.2, 0) is 27.2 Å². The van der Waals surface area contributed by atoms with Gasteiger partial charge in [0, 0.05) is 19.8 Å². The zero-order valence-electron chi connectivity index (χ0n) is 14.8. The van der Waals surface area contributed by atoms with Crippen molar-refractivity contribution in [3.63, 3.8) is 0 Å². The van der Waals surface area contributed by atoms with E-state index in [0.29, 0.717) is 0 Å². The summed E-state index contributed by atoms with van der Waals surface area (Å²) in [6, 6.07) is 12.5. The SMILES string of the molecule is CC(=O)N[C@@H](Cc1ccccc1F)C(=O)N[C@H](Cc1ccccc1)C(=O)O. The van der Waals surface area contributed by atoms with Crippen LogP contribution in [0.4, 0.5) is 4.39 Å². The molecule has 2 atom stereocenters. The van der Waals surface area contributed by atoms with E-state index in [1.807, 2.05) is 0 Å².